The van der Waals surface area contributed by atoms with E-state index in [0.717, 1.165) is 11.2 Å². The topological polar surface area (TPSA) is 69.4 Å². The molecule has 0 amide bonds. The highest BCUT2D eigenvalue weighted by atomic mass is 35.5. The Bertz CT molecular complexity index is 800. The van der Waals surface area contributed by atoms with Crippen molar-refractivity contribution in [3.63, 3.8) is 0 Å². The Labute approximate surface area is 119 Å². The Balaban J connectivity index is 2.14. The Kier molecular flexibility index (Phi) is 3.08. The van der Waals surface area contributed by atoms with Crippen LogP contribution < -0.4 is 0 Å². The van der Waals surface area contributed by atoms with Gasteiger partial charge in [0.25, 0.3) is 0 Å². The number of nitrogens with zero attached hydrogens (tertiary/aromatic N) is 4. The Morgan fingerprint density at radius 1 is 1.35 bits per heavy atom. The molecule has 0 atom stereocenters. The third-order valence-corrected chi connectivity index (χ3v) is 3.05. The van der Waals surface area contributed by atoms with Crippen molar-refractivity contribution in [1.82, 2.24) is 19.4 Å². The molecule has 0 N–H and O–H groups in total. The summed E-state index contributed by atoms with van der Waals surface area (Å²) in [4.78, 5) is 23.6. The number of pyridine rings is 1. The zero-order valence-electron chi connectivity index (χ0n) is 10.4. The maximum Gasteiger partial charge on any atom is 0.376 e. The summed E-state index contributed by atoms with van der Waals surface area (Å²) in [5.41, 5.74) is 2.04. The highest BCUT2D eigenvalue weighted by Crippen LogP contribution is 2.25. The van der Waals surface area contributed by atoms with Gasteiger partial charge in [0.1, 0.15) is 5.65 Å². The number of aromatic nitrogens is 4. The average molecular weight is 289 g/mol. The van der Waals surface area contributed by atoms with E-state index in [2.05, 4.69) is 19.7 Å². The van der Waals surface area contributed by atoms with Crippen molar-refractivity contribution in [2.45, 2.75) is 0 Å². The van der Waals surface area contributed by atoms with Crippen molar-refractivity contribution in [1.29, 1.82) is 0 Å². The largest absolute Gasteiger partial charge is 0.463 e. The van der Waals surface area contributed by atoms with Gasteiger partial charge in [-0.05, 0) is 12.1 Å². The van der Waals surface area contributed by atoms with Crippen molar-refractivity contribution < 1.29 is 9.53 Å². The molecule has 6 nitrogen and oxygen atoms in total. The minimum atomic E-state index is -0.605. The molecule has 7 heteroatoms. The summed E-state index contributed by atoms with van der Waals surface area (Å²) in [6, 6.07) is 3.67. The predicted molar refractivity (Wildman–Crippen MR) is 72.6 cm³/mol. The smallest absolute Gasteiger partial charge is 0.376 e. The fourth-order valence-corrected chi connectivity index (χ4v) is 2.02. The standard InChI is InChI=1S/C13H9ClN4O2/c1-20-13(19)12-16-6-9(14)11(17-12)8-2-3-10-15-4-5-18(10)7-8/h2-7H,1H3. The minimum absolute atomic E-state index is 0.0300. The van der Waals surface area contributed by atoms with Crippen LogP contribution >= 0.6 is 11.6 Å². The minimum Gasteiger partial charge on any atom is -0.463 e. The zero-order valence-corrected chi connectivity index (χ0v) is 11.2. The van der Waals surface area contributed by atoms with E-state index in [1.807, 2.05) is 28.9 Å². The van der Waals surface area contributed by atoms with E-state index in [9.17, 15) is 4.79 Å². The van der Waals surface area contributed by atoms with Crippen LogP contribution in [0.3, 0.4) is 0 Å². The van der Waals surface area contributed by atoms with Gasteiger partial charge in [-0.25, -0.2) is 19.7 Å². The zero-order chi connectivity index (χ0) is 14.1. The van der Waals surface area contributed by atoms with Crippen LogP contribution in [0.4, 0.5) is 0 Å². The number of carbonyl (C=O) groups excluding carboxylic acids is 1. The summed E-state index contributed by atoms with van der Waals surface area (Å²) < 4.78 is 6.44. The summed E-state index contributed by atoms with van der Waals surface area (Å²) in [7, 11) is 1.28. The molecule has 3 aromatic rings. The number of fused-ring (bicyclic) bond motifs is 1. The lowest BCUT2D eigenvalue weighted by Gasteiger charge is -2.06. The van der Waals surface area contributed by atoms with Crippen LogP contribution in [0.2, 0.25) is 5.02 Å². The Morgan fingerprint density at radius 2 is 2.20 bits per heavy atom. The second-order valence-corrected chi connectivity index (χ2v) is 4.40. The fraction of sp³-hybridized carbons (Fsp3) is 0.0769. The number of esters is 1. The molecule has 0 unspecified atom stereocenters. The van der Waals surface area contributed by atoms with E-state index in [1.165, 1.54) is 13.3 Å². The van der Waals surface area contributed by atoms with Crippen molar-refractivity contribution in [3.05, 3.63) is 47.8 Å². The summed E-state index contributed by atoms with van der Waals surface area (Å²) >= 11 is 6.10. The summed E-state index contributed by atoms with van der Waals surface area (Å²) in [5.74, 6) is -0.635. The second kappa shape index (κ2) is 4.90. The van der Waals surface area contributed by atoms with Crippen LogP contribution in [-0.4, -0.2) is 32.4 Å². The van der Waals surface area contributed by atoms with Crippen molar-refractivity contribution in [3.8, 4) is 11.3 Å². The first-order valence-electron chi connectivity index (χ1n) is 5.73. The number of hydrogen-bond donors (Lipinski definition) is 0. The first-order valence-corrected chi connectivity index (χ1v) is 6.11. The number of imidazole rings is 1. The van der Waals surface area contributed by atoms with E-state index >= 15 is 0 Å². The average Bonchev–Trinajstić information content (AvgIpc) is 2.94. The molecule has 0 aliphatic rings. The summed E-state index contributed by atoms with van der Waals surface area (Å²) in [5, 5.41) is 0.358. The molecule has 0 aliphatic heterocycles. The summed E-state index contributed by atoms with van der Waals surface area (Å²) in [6.45, 7) is 0. The van der Waals surface area contributed by atoms with Gasteiger partial charge in [-0.1, -0.05) is 11.6 Å². The van der Waals surface area contributed by atoms with Gasteiger partial charge in [0.05, 0.1) is 24.0 Å². The lowest BCUT2D eigenvalue weighted by molar-refractivity contribution is 0.0587. The van der Waals surface area contributed by atoms with Gasteiger partial charge in [0.15, 0.2) is 0 Å². The molecular formula is C13H9ClN4O2. The van der Waals surface area contributed by atoms with Gasteiger partial charge in [0.2, 0.25) is 5.82 Å². The van der Waals surface area contributed by atoms with Gasteiger partial charge >= 0.3 is 5.97 Å². The molecule has 0 fully saturated rings. The third-order valence-electron chi connectivity index (χ3n) is 2.77. The number of carbonyl (C=O) groups is 1. The molecule has 3 heterocycles. The quantitative estimate of drug-likeness (QED) is 0.676. The summed E-state index contributed by atoms with van der Waals surface area (Å²) in [6.07, 6.45) is 6.72. The molecule has 0 saturated carbocycles. The second-order valence-electron chi connectivity index (χ2n) is 3.99. The van der Waals surface area contributed by atoms with Crippen LogP contribution in [-0.2, 0) is 4.74 Å². The van der Waals surface area contributed by atoms with Crippen LogP contribution in [0.1, 0.15) is 10.6 Å². The number of ether oxygens (including phenoxy) is 1. The molecule has 0 aliphatic carbocycles. The SMILES string of the molecule is COC(=O)c1ncc(Cl)c(-c2ccc3nccn3c2)n1. The fourth-order valence-electron chi connectivity index (χ4n) is 1.82. The molecule has 20 heavy (non-hydrogen) atoms. The van der Waals surface area contributed by atoms with Gasteiger partial charge in [-0.3, -0.25) is 0 Å². The van der Waals surface area contributed by atoms with E-state index in [1.54, 1.807) is 6.20 Å². The van der Waals surface area contributed by atoms with Gasteiger partial charge < -0.3 is 9.14 Å². The van der Waals surface area contributed by atoms with Crippen molar-refractivity contribution in [2.75, 3.05) is 7.11 Å². The molecular weight excluding hydrogens is 280 g/mol. The lowest BCUT2D eigenvalue weighted by Crippen LogP contribution is -2.08. The lowest BCUT2D eigenvalue weighted by atomic mass is 10.2. The molecule has 0 aromatic carbocycles. The first-order chi connectivity index (χ1) is 9.69. The number of methoxy groups -OCH3 is 1. The van der Waals surface area contributed by atoms with Gasteiger partial charge in [0, 0.05) is 24.2 Å². The maximum absolute atomic E-state index is 11.5. The molecule has 0 saturated heterocycles. The number of rotatable bonds is 2. The third kappa shape index (κ3) is 2.10. The normalized spacial score (nSPS) is 10.7. The highest BCUT2D eigenvalue weighted by molar-refractivity contribution is 6.32. The molecule has 0 spiro atoms. The number of hydrogen-bond acceptors (Lipinski definition) is 5. The van der Waals surface area contributed by atoms with Gasteiger partial charge in [-0.15, -0.1) is 0 Å². The Hall–Kier alpha value is -2.47. The van der Waals surface area contributed by atoms with E-state index in [-0.39, 0.29) is 5.82 Å². The molecule has 100 valence electrons. The van der Waals surface area contributed by atoms with Crippen molar-refractivity contribution in [2.24, 2.45) is 0 Å². The maximum atomic E-state index is 11.5. The number of halogens is 1. The molecule has 0 radical (unpaired) electrons. The van der Waals surface area contributed by atoms with Crippen LogP contribution in [0.5, 0.6) is 0 Å². The van der Waals surface area contributed by atoms with Crippen molar-refractivity contribution >= 4 is 23.2 Å². The van der Waals surface area contributed by atoms with Crippen LogP contribution in [0.15, 0.2) is 36.9 Å². The van der Waals surface area contributed by atoms with Gasteiger partial charge in [-0.2, -0.15) is 0 Å². The molecule has 0 bridgehead atoms. The van der Waals surface area contributed by atoms with E-state index in [4.69, 9.17) is 11.6 Å². The first kappa shape index (κ1) is 12.6. The molecule has 3 aromatic heterocycles. The Morgan fingerprint density at radius 3 is 3.00 bits per heavy atom. The van der Waals surface area contributed by atoms with E-state index in [0.29, 0.717) is 10.7 Å². The van der Waals surface area contributed by atoms with Crippen LogP contribution in [0.25, 0.3) is 16.9 Å². The highest BCUT2D eigenvalue weighted by Gasteiger charge is 2.14. The predicted octanol–water partition coefficient (Wildman–Crippen LogP) is 2.23. The van der Waals surface area contributed by atoms with E-state index < -0.39 is 5.97 Å². The molecule has 3 rings (SSSR count). The monoisotopic (exact) mass is 288 g/mol. The van der Waals surface area contributed by atoms with Crippen LogP contribution in [0, 0.1) is 0 Å².